The normalized spacial score (nSPS) is 12.0. The lowest BCUT2D eigenvalue weighted by molar-refractivity contribution is 1.29. The van der Waals surface area contributed by atoms with Gasteiger partial charge in [0.1, 0.15) is 0 Å². The highest BCUT2D eigenvalue weighted by atomic mass is 127. The van der Waals surface area contributed by atoms with Crippen molar-refractivity contribution in [2.24, 2.45) is 0 Å². The lowest BCUT2D eigenvalue weighted by atomic mass is 9.95. The zero-order valence-corrected chi connectivity index (χ0v) is 16.2. The number of rotatable bonds is 1. The number of fused-ring (bicyclic) bond motifs is 5. The van der Waals surface area contributed by atoms with Gasteiger partial charge in [0, 0.05) is 20.4 Å². The van der Waals surface area contributed by atoms with Gasteiger partial charge in [-0.2, -0.15) is 0 Å². The van der Waals surface area contributed by atoms with E-state index in [4.69, 9.17) is 0 Å². The molecule has 0 amide bonds. The fourth-order valence-corrected chi connectivity index (χ4v) is 4.24. The van der Waals surface area contributed by atoms with E-state index in [1.54, 1.807) is 0 Å². The summed E-state index contributed by atoms with van der Waals surface area (Å²) < 4.78 is 1.25. The molecular formula is C24H16IN. The predicted molar refractivity (Wildman–Crippen MR) is 118 cm³/mol. The lowest BCUT2D eigenvalue weighted by Crippen LogP contribution is -2.10. The Morgan fingerprint density at radius 2 is 1.08 bits per heavy atom. The van der Waals surface area contributed by atoms with Crippen molar-refractivity contribution in [3.63, 3.8) is 0 Å². The maximum Gasteiger partial charge on any atom is 0.0541 e. The molecule has 0 N–H and O–H groups in total. The molecule has 0 aromatic heterocycles. The van der Waals surface area contributed by atoms with Crippen molar-refractivity contribution in [3.05, 3.63) is 101 Å². The summed E-state index contributed by atoms with van der Waals surface area (Å²) in [6.45, 7) is 0. The summed E-state index contributed by atoms with van der Waals surface area (Å²) in [5.41, 5.74) is 8.71. The Labute approximate surface area is 167 Å². The predicted octanol–water partition coefficient (Wildman–Crippen LogP) is 7.41. The monoisotopic (exact) mass is 445 g/mol. The highest BCUT2D eigenvalue weighted by molar-refractivity contribution is 14.1. The first-order valence-corrected chi connectivity index (χ1v) is 9.74. The van der Waals surface area contributed by atoms with E-state index in [0.29, 0.717) is 0 Å². The summed E-state index contributed by atoms with van der Waals surface area (Å²) in [5.74, 6) is 0. The van der Waals surface area contributed by atoms with E-state index in [2.05, 4.69) is 125 Å². The molecule has 0 atom stereocenters. The second kappa shape index (κ2) is 6.29. The summed E-state index contributed by atoms with van der Waals surface area (Å²) in [6.07, 6.45) is 0. The molecule has 5 rings (SSSR count). The number of para-hydroxylation sites is 2. The zero-order chi connectivity index (χ0) is 17.5. The third-order valence-electron chi connectivity index (χ3n) is 4.87. The van der Waals surface area contributed by atoms with E-state index in [1.807, 2.05) is 0 Å². The van der Waals surface area contributed by atoms with E-state index in [-0.39, 0.29) is 0 Å². The minimum Gasteiger partial charge on any atom is -0.309 e. The van der Waals surface area contributed by atoms with Gasteiger partial charge < -0.3 is 4.90 Å². The Hall–Kier alpha value is -2.59. The van der Waals surface area contributed by atoms with Gasteiger partial charge in [0.25, 0.3) is 0 Å². The number of benzene rings is 4. The van der Waals surface area contributed by atoms with Gasteiger partial charge in [-0.1, -0.05) is 60.7 Å². The van der Waals surface area contributed by atoms with Crippen LogP contribution in [0.4, 0.5) is 17.1 Å². The Morgan fingerprint density at radius 1 is 0.500 bits per heavy atom. The molecule has 1 aliphatic heterocycles. The van der Waals surface area contributed by atoms with Gasteiger partial charge in [0.15, 0.2) is 0 Å². The summed E-state index contributed by atoms with van der Waals surface area (Å²) in [6, 6.07) is 34.7. The number of hydrogen-bond acceptors (Lipinski definition) is 1. The topological polar surface area (TPSA) is 3.24 Å². The third-order valence-corrected chi connectivity index (χ3v) is 5.54. The van der Waals surface area contributed by atoms with Crippen LogP contribution >= 0.6 is 22.6 Å². The van der Waals surface area contributed by atoms with Crippen LogP contribution in [0.5, 0.6) is 0 Å². The van der Waals surface area contributed by atoms with Crippen LogP contribution in [0.3, 0.4) is 0 Å². The Morgan fingerprint density at radius 3 is 1.85 bits per heavy atom. The van der Waals surface area contributed by atoms with Crippen LogP contribution in [0.1, 0.15) is 0 Å². The van der Waals surface area contributed by atoms with Crippen molar-refractivity contribution in [2.75, 3.05) is 4.90 Å². The number of nitrogens with zero attached hydrogens (tertiary/aromatic N) is 1. The van der Waals surface area contributed by atoms with Gasteiger partial charge in [-0.15, -0.1) is 0 Å². The Balaban J connectivity index is 1.93. The van der Waals surface area contributed by atoms with Gasteiger partial charge in [-0.25, -0.2) is 0 Å². The summed E-state index contributed by atoms with van der Waals surface area (Å²) >= 11 is 2.40. The van der Waals surface area contributed by atoms with Crippen molar-refractivity contribution in [2.45, 2.75) is 0 Å². The molecule has 0 radical (unpaired) electrons. The molecule has 2 heteroatoms. The number of halogens is 1. The zero-order valence-electron chi connectivity index (χ0n) is 14.1. The SMILES string of the molecule is Ic1ccc2c(c1)-c1ccccc1-c1ccccc1N2c1ccccc1. The summed E-state index contributed by atoms with van der Waals surface area (Å²) in [5, 5.41) is 0. The molecule has 0 saturated heterocycles. The maximum atomic E-state index is 2.40. The fourth-order valence-electron chi connectivity index (χ4n) is 3.75. The van der Waals surface area contributed by atoms with E-state index >= 15 is 0 Å². The van der Waals surface area contributed by atoms with Crippen LogP contribution in [-0.2, 0) is 0 Å². The summed E-state index contributed by atoms with van der Waals surface area (Å²) in [4.78, 5) is 2.38. The highest BCUT2D eigenvalue weighted by Gasteiger charge is 2.25. The number of anilines is 3. The van der Waals surface area contributed by atoms with Gasteiger partial charge in [-0.05, 0) is 70.1 Å². The first kappa shape index (κ1) is 15.6. The Bertz CT molecular complexity index is 1100. The van der Waals surface area contributed by atoms with Crippen LogP contribution in [0.15, 0.2) is 97.1 Å². The first-order chi connectivity index (χ1) is 12.8. The molecule has 0 unspecified atom stereocenters. The average Bonchev–Trinajstić information content (AvgIpc) is 2.82. The van der Waals surface area contributed by atoms with Crippen molar-refractivity contribution in [1.29, 1.82) is 0 Å². The molecule has 0 saturated carbocycles. The highest BCUT2D eigenvalue weighted by Crippen LogP contribution is 2.50. The van der Waals surface area contributed by atoms with E-state index in [0.717, 1.165) is 0 Å². The number of hydrogen-bond donors (Lipinski definition) is 0. The van der Waals surface area contributed by atoms with Crippen molar-refractivity contribution in [1.82, 2.24) is 0 Å². The van der Waals surface area contributed by atoms with Crippen LogP contribution in [-0.4, -0.2) is 0 Å². The van der Waals surface area contributed by atoms with Crippen LogP contribution < -0.4 is 4.90 Å². The molecule has 0 bridgehead atoms. The molecule has 0 fully saturated rings. The standard InChI is InChI=1S/C24H16IN/c25-17-14-15-24-22(16-17)20-11-5-4-10-19(20)21-12-6-7-13-23(21)26(24)18-8-2-1-3-9-18/h1-16H. The van der Waals surface area contributed by atoms with E-state index in [1.165, 1.54) is 42.9 Å². The van der Waals surface area contributed by atoms with Gasteiger partial charge in [0.05, 0.1) is 11.4 Å². The minimum atomic E-state index is 1.18. The maximum absolute atomic E-state index is 2.40. The molecule has 1 aliphatic rings. The largest absolute Gasteiger partial charge is 0.309 e. The average molecular weight is 445 g/mol. The molecule has 124 valence electrons. The van der Waals surface area contributed by atoms with Crippen LogP contribution in [0.2, 0.25) is 0 Å². The first-order valence-electron chi connectivity index (χ1n) is 8.66. The molecule has 0 aliphatic carbocycles. The van der Waals surface area contributed by atoms with Crippen LogP contribution in [0.25, 0.3) is 22.3 Å². The van der Waals surface area contributed by atoms with E-state index in [9.17, 15) is 0 Å². The van der Waals surface area contributed by atoms with Crippen LogP contribution in [0, 0.1) is 3.57 Å². The van der Waals surface area contributed by atoms with Gasteiger partial charge in [0.2, 0.25) is 0 Å². The molecule has 1 heterocycles. The quantitative estimate of drug-likeness (QED) is 0.243. The molecule has 4 aromatic carbocycles. The van der Waals surface area contributed by atoms with Crippen molar-refractivity contribution in [3.8, 4) is 22.3 Å². The van der Waals surface area contributed by atoms with Crippen molar-refractivity contribution < 1.29 is 0 Å². The lowest BCUT2D eigenvalue weighted by Gasteiger charge is -2.27. The smallest absolute Gasteiger partial charge is 0.0541 e. The molecule has 1 nitrogen and oxygen atoms in total. The van der Waals surface area contributed by atoms with Gasteiger partial charge >= 0.3 is 0 Å². The Kier molecular flexibility index (Phi) is 3.79. The van der Waals surface area contributed by atoms with Crippen molar-refractivity contribution >= 4 is 39.7 Å². The molecular weight excluding hydrogens is 429 g/mol. The fraction of sp³-hybridized carbons (Fsp3) is 0. The van der Waals surface area contributed by atoms with Gasteiger partial charge in [-0.3, -0.25) is 0 Å². The van der Waals surface area contributed by atoms with E-state index < -0.39 is 0 Å². The minimum absolute atomic E-state index is 1.18. The second-order valence-electron chi connectivity index (χ2n) is 6.40. The summed E-state index contributed by atoms with van der Waals surface area (Å²) in [7, 11) is 0. The second-order valence-corrected chi connectivity index (χ2v) is 7.64. The third kappa shape index (κ3) is 2.44. The molecule has 4 aromatic rings. The molecule has 26 heavy (non-hydrogen) atoms. The molecule has 0 spiro atoms.